The van der Waals surface area contributed by atoms with Crippen molar-refractivity contribution in [3.8, 4) is 0 Å². The van der Waals surface area contributed by atoms with E-state index in [4.69, 9.17) is 0 Å². The molecule has 0 bridgehead atoms. The average Bonchev–Trinajstić information content (AvgIpc) is 1.65. The van der Waals surface area contributed by atoms with Crippen LogP contribution in [0.25, 0.3) is 0 Å². The summed E-state index contributed by atoms with van der Waals surface area (Å²) in [6.45, 7) is 1.74. The first kappa shape index (κ1) is 5.57. The van der Waals surface area contributed by atoms with Crippen LogP contribution in [0.15, 0.2) is 24.3 Å². The molecule has 1 aliphatic rings. The lowest BCUT2D eigenvalue weighted by atomic mass is 9.98. The second-order valence-electron chi connectivity index (χ2n) is 2.14. The van der Waals surface area contributed by atoms with Gasteiger partial charge >= 0.3 is 0 Å². The molecule has 1 atom stereocenters. The van der Waals surface area contributed by atoms with Crippen molar-refractivity contribution in [2.75, 3.05) is 0 Å². The van der Waals surface area contributed by atoms with E-state index in [1.54, 1.807) is 19.4 Å². The number of allylic oxidation sites excluding steroid dienone is 2. The summed E-state index contributed by atoms with van der Waals surface area (Å²) in [5, 5.41) is 9.18. The summed E-state index contributed by atoms with van der Waals surface area (Å²) in [6.07, 6.45) is 9.04. The van der Waals surface area contributed by atoms with Crippen molar-refractivity contribution in [1.82, 2.24) is 0 Å². The maximum atomic E-state index is 9.18. The van der Waals surface area contributed by atoms with Gasteiger partial charge in [-0.15, -0.1) is 0 Å². The molecule has 1 heteroatoms. The molecule has 1 rings (SSSR count). The highest BCUT2D eigenvalue weighted by molar-refractivity contribution is 5.25. The second-order valence-corrected chi connectivity index (χ2v) is 2.14. The largest absolute Gasteiger partial charge is 0.385 e. The lowest BCUT2D eigenvalue weighted by molar-refractivity contribution is 0.150. The lowest BCUT2D eigenvalue weighted by Crippen LogP contribution is -2.21. The molecule has 0 fully saturated rings. The van der Waals surface area contributed by atoms with E-state index in [0.29, 0.717) is 0 Å². The fraction of sp³-hybridized carbons (Fsp3) is 0.286. The third kappa shape index (κ3) is 1.20. The van der Waals surface area contributed by atoms with Crippen molar-refractivity contribution in [3.05, 3.63) is 30.7 Å². The summed E-state index contributed by atoms with van der Waals surface area (Å²) in [5.74, 6) is 0. The van der Waals surface area contributed by atoms with Gasteiger partial charge in [-0.05, 0) is 6.92 Å². The van der Waals surface area contributed by atoms with E-state index in [9.17, 15) is 5.11 Å². The summed E-state index contributed by atoms with van der Waals surface area (Å²) in [5.41, 5.74) is -0.714. The summed E-state index contributed by atoms with van der Waals surface area (Å²) in [6, 6.07) is 0. The Bertz CT molecular complexity index is 131. The van der Waals surface area contributed by atoms with Crippen molar-refractivity contribution >= 4 is 0 Å². The Balaban J connectivity index is 2.65. The van der Waals surface area contributed by atoms with E-state index in [1.165, 1.54) is 0 Å². The minimum atomic E-state index is -0.714. The van der Waals surface area contributed by atoms with Crippen molar-refractivity contribution in [2.45, 2.75) is 12.5 Å². The van der Waals surface area contributed by atoms with Crippen LogP contribution in [-0.2, 0) is 0 Å². The fourth-order valence-electron chi connectivity index (χ4n) is 0.620. The molecule has 1 unspecified atom stereocenters. The van der Waals surface area contributed by atoms with Crippen LogP contribution in [0.2, 0.25) is 0 Å². The van der Waals surface area contributed by atoms with Crippen LogP contribution in [0.1, 0.15) is 6.92 Å². The topological polar surface area (TPSA) is 20.2 Å². The molecule has 0 aromatic rings. The zero-order chi connectivity index (χ0) is 6.04. The van der Waals surface area contributed by atoms with Gasteiger partial charge in [0.15, 0.2) is 0 Å². The normalized spacial score (nSPS) is 35.8. The van der Waals surface area contributed by atoms with Gasteiger partial charge in [0.25, 0.3) is 0 Å². The van der Waals surface area contributed by atoms with E-state index in [2.05, 4.69) is 0 Å². The Morgan fingerprint density at radius 2 is 2.00 bits per heavy atom. The van der Waals surface area contributed by atoms with E-state index in [0.717, 1.165) is 0 Å². The van der Waals surface area contributed by atoms with Crippen LogP contribution in [0.5, 0.6) is 0 Å². The number of hydrogen-bond acceptors (Lipinski definition) is 1. The molecule has 8 heavy (non-hydrogen) atoms. The maximum Gasteiger partial charge on any atom is 0.0871 e. The first-order valence-electron chi connectivity index (χ1n) is 2.63. The molecule has 0 aromatic carbocycles. The van der Waals surface area contributed by atoms with E-state index >= 15 is 0 Å². The molecular weight excluding hydrogens is 100 g/mol. The van der Waals surface area contributed by atoms with Gasteiger partial charge in [0.2, 0.25) is 0 Å². The zero-order valence-corrected chi connectivity index (χ0v) is 4.83. The molecule has 0 aromatic heterocycles. The summed E-state index contributed by atoms with van der Waals surface area (Å²) >= 11 is 0. The Hall–Kier alpha value is -0.560. The molecule has 1 nitrogen and oxygen atoms in total. The Morgan fingerprint density at radius 3 is 2.25 bits per heavy atom. The van der Waals surface area contributed by atoms with Crippen molar-refractivity contribution in [3.63, 3.8) is 0 Å². The lowest BCUT2D eigenvalue weighted by Gasteiger charge is -2.17. The van der Waals surface area contributed by atoms with Crippen LogP contribution in [0, 0.1) is 6.42 Å². The van der Waals surface area contributed by atoms with Crippen LogP contribution in [-0.4, -0.2) is 10.7 Å². The highest BCUT2D eigenvalue weighted by Gasteiger charge is 2.14. The quantitative estimate of drug-likeness (QED) is 0.493. The molecular formula is C7H9O. The minimum Gasteiger partial charge on any atom is -0.385 e. The molecule has 1 aliphatic carbocycles. The third-order valence-electron chi connectivity index (χ3n) is 1.09. The van der Waals surface area contributed by atoms with Gasteiger partial charge in [-0.2, -0.15) is 0 Å². The van der Waals surface area contributed by atoms with Gasteiger partial charge in [0.1, 0.15) is 0 Å². The van der Waals surface area contributed by atoms with Crippen LogP contribution in [0.4, 0.5) is 0 Å². The molecule has 0 heterocycles. The summed E-state index contributed by atoms with van der Waals surface area (Å²) in [7, 11) is 0. The highest BCUT2D eigenvalue weighted by atomic mass is 16.3. The smallest absolute Gasteiger partial charge is 0.0871 e. The van der Waals surface area contributed by atoms with Crippen molar-refractivity contribution < 1.29 is 5.11 Å². The molecule has 0 aliphatic heterocycles. The highest BCUT2D eigenvalue weighted by Crippen LogP contribution is 2.13. The Morgan fingerprint density at radius 1 is 1.25 bits per heavy atom. The predicted octanol–water partition coefficient (Wildman–Crippen LogP) is 1.07. The minimum absolute atomic E-state index is 0.714. The SMILES string of the molecule is CC1(O)[CH]C=CC=C1. The molecule has 0 amide bonds. The van der Waals surface area contributed by atoms with Gasteiger partial charge < -0.3 is 5.11 Å². The van der Waals surface area contributed by atoms with Gasteiger partial charge in [-0.25, -0.2) is 0 Å². The average molecular weight is 109 g/mol. The van der Waals surface area contributed by atoms with E-state index < -0.39 is 5.60 Å². The molecule has 43 valence electrons. The first-order valence-corrected chi connectivity index (χ1v) is 2.63. The summed E-state index contributed by atoms with van der Waals surface area (Å²) in [4.78, 5) is 0. The fourth-order valence-corrected chi connectivity index (χ4v) is 0.620. The Kier molecular flexibility index (Phi) is 1.22. The molecule has 1 radical (unpaired) electrons. The number of rotatable bonds is 0. The van der Waals surface area contributed by atoms with Gasteiger partial charge in [0, 0.05) is 6.42 Å². The molecule has 0 spiro atoms. The van der Waals surface area contributed by atoms with E-state index in [-0.39, 0.29) is 0 Å². The van der Waals surface area contributed by atoms with E-state index in [1.807, 2.05) is 18.2 Å². The molecule has 0 saturated carbocycles. The van der Waals surface area contributed by atoms with Crippen molar-refractivity contribution in [1.29, 1.82) is 0 Å². The summed E-state index contributed by atoms with van der Waals surface area (Å²) < 4.78 is 0. The van der Waals surface area contributed by atoms with Crippen LogP contribution in [0.3, 0.4) is 0 Å². The van der Waals surface area contributed by atoms with Gasteiger partial charge in [-0.3, -0.25) is 0 Å². The monoisotopic (exact) mass is 109 g/mol. The van der Waals surface area contributed by atoms with Crippen LogP contribution >= 0.6 is 0 Å². The predicted molar refractivity (Wildman–Crippen MR) is 33.2 cm³/mol. The van der Waals surface area contributed by atoms with Crippen molar-refractivity contribution in [2.24, 2.45) is 0 Å². The van der Waals surface area contributed by atoms with Gasteiger partial charge in [0.05, 0.1) is 5.60 Å². The maximum absolute atomic E-state index is 9.18. The second kappa shape index (κ2) is 1.75. The standard InChI is InChI=1S/C7H9O/c1-7(8)5-3-2-4-6-7/h2-6,8H,1H3. The van der Waals surface area contributed by atoms with Gasteiger partial charge in [-0.1, -0.05) is 24.3 Å². The number of hydrogen-bond donors (Lipinski definition) is 1. The van der Waals surface area contributed by atoms with Crippen LogP contribution < -0.4 is 0 Å². The number of aliphatic hydroxyl groups is 1. The third-order valence-corrected chi connectivity index (χ3v) is 1.09. The first-order chi connectivity index (χ1) is 3.71. The molecule has 0 saturated heterocycles. The Labute approximate surface area is 49.3 Å². The molecule has 1 N–H and O–H groups in total. The zero-order valence-electron chi connectivity index (χ0n) is 4.83.